The highest BCUT2D eigenvalue weighted by atomic mass is 32.1. The minimum Gasteiger partial charge on any atom is -0.385 e. The molecule has 206 valence electrons. The Morgan fingerprint density at radius 1 is 1.05 bits per heavy atom. The van der Waals surface area contributed by atoms with Gasteiger partial charge in [0.1, 0.15) is 11.5 Å². The second kappa shape index (κ2) is 14.2. The zero-order valence-electron chi connectivity index (χ0n) is 23.1. The first kappa shape index (κ1) is 28.7. The van der Waals surface area contributed by atoms with Gasteiger partial charge in [-0.15, -0.1) is 11.3 Å². The molecular formula is C32H39N3O3S. The van der Waals surface area contributed by atoms with Crippen molar-refractivity contribution < 1.29 is 14.4 Å². The minimum atomic E-state index is -0.124. The van der Waals surface area contributed by atoms with Crippen LogP contribution in [0.25, 0.3) is 0 Å². The van der Waals surface area contributed by atoms with Gasteiger partial charge in [-0.1, -0.05) is 24.3 Å². The lowest BCUT2D eigenvalue weighted by Gasteiger charge is -2.20. The Hall–Kier alpha value is -3.32. The quantitative estimate of drug-likeness (QED) is 0.189. The summed E-state index contributed by atoms with van der Waals surface area (Å²) in [5, 5.41) is 9.20. The molecule has 3 aromatic rings. The normalized spacial score (nSPS) is 15.2. The summed E-state index contributed by atoms with van der Waals surface area (Å²) in [5.41, 5.74) is 5.37. The topological polar surface area (TPSA) is 88.2 Å². The first-order chi connectivity index (χ1) is 18.9. The van der Waals surface area contributed by atoms with Gasteiger partial charge in [0, 0.05) is 49.0 Å². The van der Waals surface area contributed by atoms with Crippen molar-refractivity contribution in [1.82, 2.24) is 10.3 Å². The molecule has 0 radical (unpaired) electrons. The standard InChI is InChI=1S/C32H39N3O3S/c1-22-8-3-4-13-29(22)33-16-7-11-25-14-15-26(19-27(25)20-31(37)30-21-39-23(2)35-30)32(38)34-17-6-10-24-9-5-12-28(36)18-24/h3-4,8,13-15,19,21,24,33H,5-7,9-12,16-18,20H2,1-2H3,(H,34,38). The first-order valence-corrected chi connectivity index (χ1v) is 14.9. The van der Waals surface area contributed by atoms with E-state index >= 15 is 0 Å². The number of Topliss-reactive ketones (excluding diaryl/α,β-unsaturated/α-hetero) is 2. The Morgan fingerprint density at radius 2 is 1.90 bits per heavy atom. The molecule has 1 atom stereocenters. The predicted octanol–water partition coefficient (Wildman–Crippen LogP) is 6.50. The van der Waals surface area contributed by atoms with Gasteiger partial charge in [0.05, 0.1) is 5.01 Å². The van der Waals surface area contributed by atoms with E-state index < -0.39 is 0 Å². The van der Waals surface area contributed by atoms with E-state index in [1.165, 1.54) is 16.9 Å². The minimum absolute atomic E-state index is 0.0294. The van der Waals surface area contributed by atoms with E-state index in [4.69, 9.17) is 0 Å². The van der Waals surface area contributed by atoms with Crippen LogP contribution in [0.4, 0.5) is 5.69 Å². The number of thiazole rings is 1. The fraction of sp³-hybridized carbons (Fsp3) is 0.438. The van der Waals surface area contributed by atoms with E-state index in [0.717, 1.165) is 73.3 Å². The molecule has 1 aliphatic carbocycles. The number of carbonyl (C=O) groups is 3. The molecule has 2 N–H and O–H groups in total. The second-order valence-corrected chi connectivity index (χ2v) is 11.6. The van der Waals surface area contributed by atoms with Crippen LogP contribution in [0.15, 0.2) is 47.8 Å². The van der Waals surface area contributed by atoms with Gasteiger partial charge in [0.2, 0.25) is 0 Å². The predicted molar refractivity (Wildman–Crippen MR) is 158 cm³/mol. The maximum absolute atomic E-state index is 13.0. The van der Waals surface area contributed by atoms with Gasteiger partial charge in [-0.05, 0) is 93.2 Å². The Morgan fingerprint density at radius 3 is 2.67 bits per heavy atom. The summed E-state index contributed by atoms with van der Waals surface area (Å²) >= 11 is 1.47. The molecule has 0 spiro atoms. The number of anilines is 1. The molecule has 1 amide bonds. The number of carbonyl (C=O) groups excluding carboxylic acids is 3. The van der Waals surface area contributed by atoms with E-state index in [-0.39, 0.29) is 18.1 Å². The number of hydrogen-bond donors (Lipinski definition) is 2. The third-order valence-electron chi connectivity index (χ3n) is 7.47. The summed E-state index contributed by atoms with van der Waals surface area (Å²) in [4.78, 5) is 42.0. The number of para-hydroxylation sites is 1. The van der Waals surface area contributed by atoms with E-state index in [1.807, 2.05) is 37.3 Å². The summed E-state index contributed by atoms with van der Waals surface area (Å²) in [6, 6.07) is 14.0. The number of aromatic nitrogens is 1. The Bertz CT molecular complexity index is 1300. The molecule has 4 rings (SSSR count). The number of amides is 1. The molecule has 2 aromatic carbocycles. The molecule has 1 heterocycles. The number of benzene rings is 2. The van der Waals surface area contributed by atoms with Crippen LogP contribution >= 0.6 is 11.3 Å². The highest BCUT2D eigenvalue weighted by molar-refractivity contribution is 7.09. The van der Waals surface area contributed by atoms with Gasteiger partial charge in [-0.2, -0.15) is 0 Å². The highest BCUT2D eigenvalue weighted by Crippen LogP contribution is 2.25. The van der Waals surface area contributed by atoms with Crippen molar-refractivity contribution in [2.45, 2.75) is 71.6 Å². The van der Waals surface area contributed by atoms with Crippen LogP contribution in [0.1, 0.15) is 87.5 Å². The molecule has 1 aliphatic rings. The van der Waals surface area contributed by atoms with Crippen LogP contribution in [-0.4, -0.2) is 35.5 Å². The number of nitrogens with zero attached hydrogens (tertiary/aromatic N) is 1. The van der Waals surface area contributed by atoms with Crippen molar-refractivity contribution >= 4 is 34.5 Å². The Labute approximate surface area is 235 Å². The zero-order valence-corrected chi connectivity index (χ0v) is 23.9. The first-order valence-electron chi connectivity index (χ1n) is 14.1. The van der Waals surface area contributed by atoms with Crippen LogP contribution in [0, 0.1) is 19.8 Å². The lowest BCUT2D eigenvalue weighted by molar-refractivity contribution is -0.121. The summed E-state index contributed by atoms with van der Waals surface area (Å²) < 4.78 is 0. The van der Waals surface area contributed by atoms with Gasteiger partial charge in [-0.25, -0.2) is 4.98 Å². The van der Waals surface area contributed by atoms with Gasteiger partial charge in [0.25, 0.3) is 5.91 Å². The van der Waals surface area contributed by atoms with Crippen molar-refractivity contribution in [2.24, 2.45) is 5.92 Å². The summed E-state index contributed by atoms with van der Waals surface area (Å²) in [6.45, 7) is 5.39. The Balaban J connectivity index is 1.36. The van der Waals surface area contributed by atoms with Crippen LogP contribution < -0.4 is 10.6 Å². The lowest BCUT2D eigenvalue weighted by atomic mass is 9.85. The van der Waals surface area contributed by atoms with Crippen molar-refractivity contribution in [3.63, 3.8) is 0 Å². The van der Waals surface area contributed by atoms with Crippen LogP contribution in [0.3, 0.4) is 0 Å². The van der Waals surface area contributed by atoms with E-state index in [1.54, 1.807) is 5.38 Å². The number of nitrogens with one attached hydrogen (secondary N) is 2. The van der Waals surface area contributed by atoms with Crippen molar-refractivity contribution in [3.05, 3.63) is 80.8 Å². The molecular weight excluding hydrogens is 506 g/mol. The summed E-state index contributed by atoms with van der Waals surface area (Å²) in [7, 11) is 0. The number of rotatable bonds is 13. The fourth-order valence-electron chi connectivity index (χ4n) is 5.26. The van der Waals surface area contributed by atoms with Gasteiger partial charge < -0.3 is 10.6 Å². The van der Waals surface area contributed by atoms with Crippen molar-refractivity contribution in [1.29, 1.82) is 0 Å². The number of aryl methyl sites for hydroxylation is 3. The van der Waals surface area contributed by atoms with E-state index in [0.29, 0.717) is 35.9 Å². The van der Waals surface area contributed by atoms with E-state index in [9.17, 15) is 14.4 Å². The summed E-state index contributed by atoms with van der Waals surface area (Å²) in [5.74, 6) is 0.671. The van der Waals surface area contributed by atoms with E-state index in [2.05, 4.69) is 34.7 Å². The average molecular weight is 546 g/mol. The molecule has 6 nitrogen and oxygen atoms in total. The van der Waals surface area contributed by atoms with Crippen LogP contribution in [0.2, 0.25) is 0 Å². The molecule has 0 aliphatic heterocycles. The third kappa shape index (κ3) is 8.59. The molecule has 39 heavy (non-hydrogen) atoms. The molecule has 7 heteroatoms. The largest absolute Gasteiger partial charge is 0.385 e. The molecule has 1 fully saturated rings. The fourth-order valence-corrected chi connectivity index (χ4v) is 5.88. The van der Waals surface area contributed by atoms with Crippen molar-refractivity contribution in [2.75, 3.05) is 18.4 Å². The lowest BCUT2D eigenvalue weighted by Crippen LogP contribution is -2.25. The maximum Gasteiger partial charge on any atom is 0.251 e. The molecule has 0 bridgehead atoms. The summed E-state index contributed by atoms with van der Waals surface area (Å²) in [6.07, 6.45) is 7.27. The molecule has 1 saturated carbocycles. The monoisotopic (exact) mass is 545 g/mol. The maximum atomic E-state index is 13.0. The van der Waals surface area contributed by atoms with Crippen LogP contribution in [0.5, 0.6) is 0 Å². The highest BCUT2D eigenvalue weighted by Gasteiger charge is 2.19. The van der Waals surface area contributed by atoms with Crippen LogP contribution in [-0.2, 0) is 17.6 Å². The third-order valence-corrected chi connectivity index (χ3v) is 8.24. The molecule has 1 aromatic heterocycles. The smallest absolute Gasteiger partial charge is 0.251 e. The second-order valence-electron chi connectivity index (χ2n) is 10.6. The number of ketones is 2. The van der Waals surface area contributed by atoms with Gasteiger partial charge in [-0.3, -0.25) is 14.4 Å². The van der Waals surface area contributed by atoms with Crippen molar-refractivity contribution in [3.8, 4) is 0 Å². The van der Waals surface area contributed by atoms with Gasteiger partial charge in [0.15, 0.2) is 5.78 Å². The number of hydrogen-bond acceptors (Lipinski definition) is 6. The zero-order chi connectivity index (χ0) is 27.6. The van der Waals surface area contributed by atoms with Gasteiger partial charge >= 0.3 is 0 Å². The molecule has 0 saturated heterocycles. The SMILES string of the molecule is Cc1nc(C(=O)Cc2cc(C(=O)NCCCC3CCCC(=O)C3)ccc2CCCNc2ccccc2C)cs1. The average Bonchev–Trinajstić information content (AvgIpc) is 3.37. The Kier molecular flexibility index (Phi) is 10.4. The molecule has 1 unspecified atom stereocenters.